The van der Waals surface area contributed by atoms with Crippen LogP contribution in [0.4, 0.5) is 16.2 Å². The van der Waals surface area contributed by atoms with E-state index in [2.05, 4.69) is 15.9 Å². The predicted octanol–water partition coefficient (Wildman–Crippen LogP) is 2.11. The SMILES string of the molecule is COc1cc([N+](=O)[O-])cc(/C=C2\C(=O)NC(=O)N(c3ccc(Br)cc3)C2=O)c1[O-]. The van der Waals surface area contributed by atoms with Gasteiger partial charge in [-0.3, -0.25) is 25.0 Å². The highest BCUT2D eigenvalue weighted by Gasteiger charge is 2.37. The van der Waals surface area contributed by atoms with Crippen LogP contribution >= 0.6 is 15.9 Å². The first-order valence-electron chi connectivity index (χ1n) is 7.93. The molecule has 1 fully saturated rings. The third kappa shape index (κ3) is 3.80. The number of non-ortho nitro benzene ring substituents is 1. The number of urea groups is 1. The summed E-state index contributed by atoms with van der Waals surface area (Å²) in [6.07, 6.45) is 0.897. The number of hydrogen-bond donors (Lipinski definition) is 1. The first kappa shape index (κ1) is 20.0. The molecule has 2 aromatic carbocycles. The number of hydrogen-bond acceptors (Lipinski definition) is 7. The van der Waals surface area contributed by atoms with Gasteiger partial charge in [-0.05, 0) is 35.9 Å². The summed E-state index contributed by atoms with van der Waals surface area (Å²) < 4.78 is 5.54. The van der Waals surface area contributed by atoms with Gasteiger partial charge in [0.15, 0.2) is 0 Å². The van der Waals surface area contributed by atoms with E-state index in [1.807, 2.05) is 5.32 Å². The molecule has 0 unspecified atom stereocenters. The molecule has 0 aliphatic carbocycles. The van der Waals surface area contributed by atoms with Crippen LogP contribution < -0.4 is 20.1 Å². The highest BCUT2D eigenvalue weighted by atomic mass is 79.9. The lowest BCUT2D eigenvalue weighted by atomic mass is 10.0. The number of barbiturate groups is 1. The minimum atomic E-state index is -1.03. The summed E-state index contributed by atoms with van der Waals surface area (Å²) in [4.78, 5) is 48.3. The molecule has 10 nitrogen and oxygen atoms in total. The molecule has 3 rings (SSSR count). The highest BCUT2D eigenvalue weighted by Crippen LogP contribution is 2.34. The van der Waals surface area contributed by atoms with Gasteiger partial charge in [0.1, 0.15) is 11.3 Å². The van der Waals surface area contributed by atoms with Crippen molar-refractivity contribution in [2.45, 2.75) is 0 Å². The van der Waals surface area contributed by atoms with E-state index in [0.717, 1.165) is 30.2 Å². The third-order valence-corrected chi connectivity index (χ3v) is 4.51. The lowest BCUT2D eigenvalue weighted by molar-refractivity contribution is -0.385. The van der Waals surface area contributed by atoms with Gasteiger partial charge in [-0.15, -0.1) is 0 Å². The van der Waals surface area contributed by atoms with Crippen LogP contribution in [0.1, 0.15) is 5.56 Å². The number of halogens is 1. The monoisotopic (exact) mass is 460 g/mol. The summed E-state index contributed by atoms with van der Waals surface area (Å²) in [5, 5.41) is 25.5. The van der Waals surface area contributed by atoms with Gasteiger partial charge in [0, 0.05) is 10.5 Å². The normalized spacial score (nSPS) is 15.4. The van der Waals surface area contributed by atoms with Gasteiger partial charge in [-0.1, -0.05) is 21.7 Å². The molecule has 1 aliphatic rings. The lowest BCUT2D eigenvalue weighted by Gasteiger charge is -2.26. The topological polar surface area (TPSA) is 142 Å². The van der Waals surface area contributed by atoms with Crippen LogP contribution in [-0.2, 0) is 9.59 Å². The molecular formula is C18H11BrN3O7-. The molecule has 0 bridgehead atoms. The van der Waals surface area contributed by atoms with Crippen molar-refractivity contribution in [1.29, 1.82) is 0 Å². The van der Waals surface area contributed by atoms with E-state index in [4.69, 9.17) is 4.74 Å². The Morgan fingerprint density at radius 2 is 1.83 bits per heavy atom. The molecule has 29 heavy (non-hydrogen) atoms. The fourth-order valence-corrected chi connectivity index (χ4v) is 2.87. The van der Waals surface area contributed by atoms with E-state index >= 15 is 0 Å². The molecule has 4 amide bonds. The number of amides is 4. The summed E-state index contributed by atoms with van der Waals surface area (Å²) in [6, 6.07) is 7.03. The van der Waals surface area contributed by atoms with Crippen LogP contribution in [0.15, 0.2) is 46.4 Å². The van der Waals surface area contributed by atoms with E-state index < -0.39 is 39.8 Å². The number of imide groups is 2. The molecule has 11 heteroatoms. The molecule has 0 spiro atoms. The number of ether oxygens (including phenoxy) is 1. The molecule has 0 aromatic heterocycles. The Bertz CT molecular complexity index is 1080. The summed E-state index contributed by atoms with van der Waals surface area (Å²) in [7, 11) is 1.16. The molecule has 2 aromatic rings. The Kier molecular flexibility index (Phi) is 5.33. The number of nitrogens with one attached hydrogen (secondary N) is 1. The first-order chi connectivity index (χ1) is 13.7. The van der Waals surface area contributed by atoms with Crippen molar-refractivity contribution in [3.05, 3.63) is 62.1 Å². The van der Waals surface area contributed by atoms with E-state index in [1.165, 1.54) is 12.1 Å². The minimum Gasteiger partial charge on any atom is -0.870 e. The number of rotatable bonds is 4. The van der Waals surface area contributed by atoms with Crippen molar-refractivity contribution in [2.24, 2.45) is 0 Å². The van der Waals surface area contributed by atoms with Crippen LogP contribution in [0.3, 0.4) is 0 Å². The Labute approximate surface area is 171 Å². The van der Waals surface area contributed by atoms with E-state index in [1.54, 1.807) is 12.1 Å². The number of nitrogens with zero attached hydrogens (tertiary/aromatic N) is 2. The molecule has 1 aliphatic heterocycles. The van der Waals surface area contributed by atoms with Crippen molar-refractivity contribution >= 4 is 51.2 Å². The van der Waals surface area contributed by atoms with Gasteiger partial charge in [0.25, 0.3) is 17.5 Å². The van der Waals surface area contributed by atoms with Crippen molar-refractivity contribution in [3.8, 4) is 11.5 Å². The number of anilines is 1. The van der Waals surface area contributed by atoms with Gasteiger partial charge in [-0.2, -0.15) is 0 Å². The second kappa shape index (κ2) is 7.72. The van der Waals surface area contributed by atoms with Crippen molar-refractivity contribution in [2.75, 3.05) is 12.0 Å². The van der Waals surface area contributed by atoms with E-state index in [-0.39, 0.29) is 17.0 Å². The molecule has 0 saturated carbocycles. The Morgan fingerprint density at radius 1 is 1.17 bits per heavy atom. The number of nitro benzene ring substituents is 1. The predicted molar refractivity (Wildman–Crippen MR) is 102 cm³/mol. The fraction of sp³-hybridized carbons (Fsp3) is 0.0556. The maximum absolute atomic E-state index is 12.8. The van der Waals surface area contributed by atoms with E-state index in [9.17, 15) is 29.6 Å². The second-order valence-electron chi connectivity index (χ2n) is 5.76. The number of carbonyl (C=O) groups is 3. The maximum Gasteiger partial charge on any atom is 0.335 e. The van der Waals surface area contributed by atoms with Crippen LogP contribution in [-0.4, -0.2) is 29.9 Å². The Hall–Kier alpha value is -3.73. The standard InChI is InChI=1S/C18H12BrN3O7/c1-29-14-8-12(22(27)28)6-9(15(14)23)7-13-16(24)20-18(26)21(17(13)25)11-4-2-10(19)3-5-11/h2-8,23H,1H3,(H,20,24,26)/p-1/b13-7+. The maximum atomic E-state index is 12.8. The van der Waals surface area contributed by atoms with Gasteiger partial charge < -0.3 is 9.84 Å². The zero-order chi connectivity index (χ0) is 21.3. The molecule has 148 valence electrons. The Morgan fingerprint density at radius 3 is 2.41 bits per heavy atom. The van der Waals surface area contributed by atoms with Crippen molar-refractivity contribution < 1.29 is 29.2 Å². The fourth-order valence-electron chi connectivity index (χ4n) is 2.61. The summed E-state index contributed by atoms with van der Waals surface area (Å²) in [6.45, 7) is 0. The summed E-state index contributed by atoms with van der Waals surface area (Å²) in [5.74, 6) is -3.09. The van der Waals surface area contributed by atoms with Crippen LogP contribution in [0, 0.1) is 10.1 Å². The smallest absolute Gasteiger partial charge is 0.335 e. The largest absolute Gasteiger partial charge is 0.870 e. The third-order valence-electron chi connectivity index (χ3n) is 3.99. The average Bonchev–Trinajstić information content (AvgIpc) is 2.67. The molecule has 0 atom stereocenters. The Balaban J connectivity index is 2.11. The average molecular weight is 461 g/mol. The molecule has 0 radical (unpaired) electrons. The molecule has 1 N–H and O–H groups in total. The number of carbonyl (C=O) groups excluding carboxylic acids is 3. The molecular weight excluding hydrogens is 450 g/mol. The zero-order valence-corrected chi connectivity index (χ0v) is 16.3. The quantitative estimate of drug-likeness (QED) is 0.318. The number of benzene rings is 2. The molecule has 1 saturated heterocycles. The second-order valence-corrected chi connectivity index (χ2v) is 6.67. The lowest BCUT2D eigenvalue weighted by Crippen LogP contribution is -2.54. The summed E-state index contributed by atoms with van der Waals surface area (Å²) in [5.41, 5.74) is -1.11. The first-order valence-corrected chi connectivity index (χ1v) is 8.72. The highest BCUT2D eigenvalue weighted by molar-refractivity contribution is 9.10. The number of methoxy groups -OCH3 is 1. The van der Waals surface area contributed by atoms with Gasteiger partial charge in [0.05, 0.1) is 23.8 Å². The van der Waals surface area contributed by atoms with Gasteiger partial charge in [-0.25, -0.2) is 9.69 Å². The number of nitro groups is 1. The minimum absolute atomic E-state index is 0.188. The van der Waals surface area contributed by atoms with Gasteiger partial charge in [0.2, 0.25) is 0 Å². The van der Waals surface area contributed by atoms with Crippen LogP contribution in [0.5, 0.6) is 11.5 Å². The van der Waals surface area contributed by atoms with Crippen LogP contribution in [0.2, 0.25) is 0 Å². The summed E-state index contributed by atoms with van der Waals surface area (Å²) >= 11 is 3.23. The van der Waals surface area contributed by atoms with Crippen molar-refractivity contribution in [3.63, 3.8) is 0 Å². The van der Waals surface area contributed by atoms with Crippen molar-refractivity contribution in [1.82, 2.24) is 5.32 Å². The molecule has 1 heterocycles. The zero-order valence-electron chi connectivity index (χ0n) is 14.7. The van der Waals surface area contributed by atoms with Crippen LogP contribution in [0.25, 0.3) is 6.08 Å². The van der Waals surface area contributed by atoms with Gasteiger partial charge >= 0.3 is 6.03 Å². The van der Waals surface area contributed by atoms with E-state index in [0.29, 0.717) is 4.47 Å².